The van der Waals surface area contributed by atoms with E-state index in [0.29, 0.717) is 6.61 Å². The van der Waals surface area contributed by atoms with Gasteiger partial charge < -0.3 is 9.64 Å². The van der Waals surface area contributed by atoms with Crippen molar-refractivity contribution in [2.24, 2.45) is 4.99 Å². The minimum absolute atomic E-state index is 0.613. The van der Waals surface area contributed by atoms with Gasteiger partial charge in [-0.25, -0.2) is 0 Å². The number of aliphatic imine (C=N–C) groups is 1. The number of hydrogen-bond acceptors (Lipinski definition) is 2. The van der Waals surface area contributed by atoms with Crippen LogP contribution in [0.2, 0.25) is 0 Å². The summed E-state index contributed by atoms with van der Waals surface area (Å²) in [5.41, 5.74) is 1.24. The molecule has 3 heteroatoms. The molecule has 1 aromatic carbocycles. The minimum Gasteiger partial charge on any atom is -0.492 e. The van der Waals surface area contributed by atoms with Crippen molar-refractivity contribution >= 4 is 5.84 Å². The van der Waals surface area contributed by atoms with Gasteiger partial charge in [-0.15, -0.1) is 0 Å². The lowest BCUT2D eigenvalue weighted by Gasteiger charge is -2.19. The van der Waals surface area contributed by atoms with Crippen LogP contribution in [0.1, 0.15) is 12.5 Å². The second kappa shape index (κ2) is 6.74. The summed E-state index contributed by atoms with van der Waals surface area (Å²) in [4.78, 5) is 6.08. The van der Waals surface area contributed by atoms with E-state index in [2.05, 4.69) is 18.5 Å². The zero-order valence-electron chi connectivity index (χ0n) is 10.8. The Kier molecular flexibility index (Phi) is 5.27. The third-order valence-electron chi connectivity index (χ3n) is 2.58. The molecule has 3 nitrogen and oxygen atoms in total. The van der Waals surface area contributed by atoms with Gasteiger partial charge in [-0.2, -0.15) is 0 Å². The van der Waals surface area contributed by atoms with Crippen molar-refractivity contribution in [3.05, 3.63) is 42.6 Å². The largest absolute Gasteiger partial charge is 0.492 e. The lowest BCUT2D eigenvalue weighted by molar-refractivity contribution is 0.292. The highest BCUT2D eigenvalue weighted by molar-refractivity contribution is 5.80. The first kappa shape index (κ1) is 13.3. The van der Waals surface area contributed by atoms with Crippen LogP contribution in [0.4, 0.5) is 0 Å². The van der Waals surface area contributed by atoms with E-state index in [1.165, 1.54) is 5.56 Å². The number of rotatable bonds is 5. The van der Waals surface area contributed by atoms with Crippen LogP contribution in [0.3, 0.4) is 0 Å². The van der Waals surface area contributed by atoms with Gasteiger partial charge in [-0.05, 0) is 32.2 Å². The predicted molar refractivity (Wildman–Crippen MR) is 72.6 cm³/mol. The van der Waals surface area contributed by atoms with Crippen LogP contribution in [0.25, 0.3) is 0 Å². The Hall–Kier alpha value is -1.77. The molecule has 0 bridgehead atoms. The van der Waals surface area contributed by atoms with Crippen LogP contribution >= 0.6 is 0 Å². The molecule has 0 aromatic heterocycles. The van der Waals surface area contributed by atoms with Crippen molar-refractivity contribution in [1.29, 1.82) is 0 Å². The molecule has 0 aliphatic carbocycles. The smallest absolute Gasteiger partial charge is 0.119 e. The second-order valence-electron chi connectivity index (χ2n) is 3.81. The quantitative estimate of drug-likeness (QED) is 0.576. The van der Waals surface area contributed by atoms with Gasteiger partial charge in [0.25, 0.3) is 0 Å². The molecule has 0 aliphatic rings. The third-order valence-corrected chi connectivity index (χ3v) is 2.58. The standard InChI is InChI=1S/C14H20N2O/c1-5-16(13(3)15-4)10-11-17-14-8-6-12(2)7-9-14/h5-9H,1,10-11H2,2-4H3. The molecule has 0 heterocycles. The van der Waals surface area contributed by atoms with Crippen molar-refractivity contribution < 1.29 is 4.74 Å². The zero-order chi connectivity index (χ0) is 12.7. The normalized spacial score (nSPS) is 11.1. The van der Waals surface area contributed by atoms with Crippen molar-refractivity contribution in [3.8, 4) is 5.75 Å². The molecule has 17 heavy (non-hydrogen) atoms. The molecular weight excluding hydrogens is 212 g/mol. The van der Waals surface area contributed by atoms with E-state index in [9.17, 15) is 0 Å². The summed E-state index contributed by atoms with van der Waals surface area (Å²) in [6.07, 6.45) is 1.76. The molecule has 0 saturated carbocycles. The predicted octanol–water partition coefficient (Wildman–Crippen LogP) is 2.87. The molecule has 0 amide bonds. The molecule has 0 N–H and O–H groups in total. The van der Waals surface area contributed by atoms with Gasteiger partial charge >= 0.3 is 0 Å². The molecule has 1 rings (SSSR count). The van der Waals surface area contributed by atoms with E-state index >= 15 is 0 Å². The number of nitrogens with zero attached hydrogens (tertiary/aromatic N) is 2. The van der Waals surface area contributed by atoms with Gasteiger partial charge in [0.2, 0.25) is 0 Å². The van der Waals surface area contributed by atoms with Gasteiger partial charge in [-0.1, -0.05) is 24.3 Å². The second-order valence-corrected chi connectivity index (χ2v) is 3.81. The first-order chi connectivity index (χ1) is 8.17. The lowest BCUT2D eigenvalue weighted by atomic mass is 10.2. The SMILES string of the molecule is C=CN(CCOc1ccc(C)cc1)C(C)=NC. The van der Waals surface area contributed by atoms with Gasteiger partial charge in [0, 0.05) is 7.05 Å². The van der Waals surface area contributed by atoms with Gasteiger partial charge in [0.1, 0.15) is 12.4 Å². The first-order valence-electron chi connectivity index (χ1n) is 5.69. The molecule has 0 radical (unpaired) electrons. The summed E-state index contributed by atoms with van der Waals surface area (Å²) in [6, 6.07) is 8.04. The molecular formula is C14H20N2O. The van der Waals surface area contributed by atoms with E-state index in [-0.39, 0.29) is 0 Å². The average molecular weight is 232 g/mol. The van der Waals surface area contributed by atoms with Crippen LogP contribution in [-0.4, -0.2) is 30.9 Å². The fourth-order valence-corrected chi connectivity index (χ4v) is 1.41. The Labute approximate surface area is 103 Å². The number of aryl methyl sites for hydroxylation is 1. The molecule has 0 unspecified atom stereocenters. The van der Waals surface area contributed by atoms with Crippen LogP contribution < -0.4 is 4.74 Å². The summed E-state index contributed by atoms with van der Waals surface area (Å²) in [5, 5.41) is 0. The first-order valence-corrected chi connectivity index (χ1v) is 5.69. The highest BCUT2D eigenvalue weighted by Crippen LogP contribution is 2.11. The summed E-state index contributed by atoms with van der Waals surface area (Å²) >= 11 is 0. The highest BCUT2D eigenvalue weighted by atomic mass is 16.5. The highest BCUT2D eigenvalue weighted by Gasteiger charge is 2.01. The minimum atomic E-state index is 0.613. The average Bonchev–Trinajstić information content (AvgIpc) is 2.36. The van der Waals surface area contributed by atoms with Crippen LogP contribution in [0.5, 0.6) is 5.75 Å². The Balaban J connectivity index is 2.41. The summed E-state index contributed by atoms with van der Waals surface area (Å²) in [7, 11) is 1.77. The zero-order valence-corrected chi connectivity index (χ0v) is 10.8. The fraction of sp³-hybridized carbons (Fsp3) is 0.357. The van der Waals surface area contributed by atoms with Crippen molar-refractivity contribution in [1.82, 2.24) is 4.90 Å². The van der Waals surface area contributed by atoms with Crippen molar-refractivity contribution in [2.45, 2.75) is 13.8 Å². The Bertz CT molecular complexity index is 382. The molecule has 0 aliphatic heterocycles. The van der Waals surface area contributed by atoms with Crippen LogP contribution in [0.15, 0.2) is 42.0 Å². The van der Waals surface area contributed by atoms with E-state index in [4.69, 9.17) is 4.74 Å². The summed E-state index contributed by atoms with van der Waals surface area (Å²) in [5.74, 6) is 1.83. The van der Waals surface area contributed by atoms with Gasteiger partial charge in [-0.3, -0.25) is 4.99 Å². The van der Waals surface area contributed by atoms with Gasteiger partial charge in [0.15, 0.2) is 0 Å². The van der Waals surface area contributed by atoms with Crippen LogP contribution in [-0.2, 0) is 0 Å². The van der Waals surface area contributed by atoms with Gasteiger partial charge in [0.05, 0.1) is 12.4 Å². The number of hydrogen-bond donors (Lipinski definition) is 0. The van der Waals surface area contributed by atoms with Crippen LogP contribution in [0, 0.1) is 6.92 Å². The number of benzene rings is 1. The maximum absolute atomic E-state index is 5.64. The third kappa shape index (κ3) is 4.31. The Morgan fingerprint density at radius 1 is 1.41 bits per heavy atom. The summed E-state index contributed by atoms with van der Waals surface area (Å²) in [6.45, 7) is 9.13. The Morgan fingerprint density at radius 3 is 2.59 bits per heavy atom. The topological polar surface area (TPSA) is 24.8 Å². The molecule has 0 saturated heterocycles. The van der Waals surface area contributed by atoms with E-state index in [1.54, 1.807) is 13.2 Å². The molecule has 0 spiro atoms. The summed E-state index contributed by atoms with van der Waals surface area (Å²) < 4.78 is 5.64. The molecule has 0 atom stereocenters. The number of ether oxygens (including phenoxy) is 1. The van der Waals surface area contributed by atoms with E-state index < -0.39 is 0 Å². The maximum Gasteiger partial charge on any atom is 0.119 e. The maximum atomic E-state index is 5.64. The Morgan fingerprint density at radius 2 is 2.06 bits per heavy atom. The fourth-order valence-electron chi connectivity index (χ4n) is 1.41. The lowest BCUT2D eigenvalue weighted by Crippen LogP contribution is -2.27. The molecule has 1 aromatic rings. The van der Waals surface area contributed by atoms with E-state index in [1.807, 2.05) is 36.1 Å². The van der Waals surface area contributed by atoms with Crippen molar-refractivity contribution in [3.63, 3.8) is 0 Å². The number of amidine groups is 1. The molecule has 92 valence electrons. The van der Waals surface area contributed by atoms with Crippen molar-refractivity contribution in [2.75, 3.05) is 20.2 Å². The molecule has 0 fully saturated rings. The monoisotopic (exact) mass is 232 g/mol. The van der Waals surface area contributed by atoms with E-state index in [0.717, 1.165) is 18.1 Å².